The van der Waals surface area contributed by atoms with Crippen LogP contribution in [0, 0.1) is 5.21 Å². The molecule has 2 aromatic rings. The summed E-state index contributed by atoms with van der Waals surface area (Å²) in [7, 11) is 3.67. The first kappa shape index (κ1) is 12.9. The van der Waals surface area contributed by atoms with E-state index in [1.165, 1.54) is 0 Å². The lowest BCUT2D eigenvalue weighted by Gasteiger charge is -2.02. The molecule has 0 saturated carbocycles. The second-order valence-electron chi connectivity index (χ2n) is 3.97. The van der Waals surface area contributed by atoms with Gasteiger partial charge in [-0.05, 0) is 36.4 Å². The van der Waals surface area contributed by atoms with E-state index in [9.17, 15) is 5.21 Å². The van der Waals surface area contributed by atoms with Crippen LogP contribution in [0.2, 0.25) is 0 Å². The SMILES string of the molecule is CNc1ccc(N=[N+]([O-])c2ccc(NC)cc2)cc1. The quantitative estimate of drug-likeness (QED) is 0.498. The third-order valence-electron chi connectivity index (χ3n) is 2.74. The van der Waals surface area contributed by atoms with Gasteiger partial charge in [-0.3, -0.25) is 0 Å². The van der Waals surface area contributed by atoms with Crippen molar-refractivity contribution < 1.29 is 4.86 Å². The second-order valence-corrected chi connectivity index (χ2v) is 3.97. The van der Waals surface area contributed by atoms with Gasteiger partial charge in [0.2, 0.25) is 5.69 Å². The Balaban J connectivity index is 2.20. The van der Waals surface area contributed by atoms with E-state index in [-0.39, 0.29) is 0 Å². The molecule has 0 heterocycles. The number of nitrogens with zero attached hydrogens (tertiary/aromatic N) is 2. The van der Waals surface area contributed by atoms with Gasteiger partial charge in [-0.1, -0.05) is 4.86 Å². The molecule has 98 valence electrons. The molecule has 5 nitrogen and oxygen atoms in total. The number of benzene rings is 2. The van der Waals surface area contributed by atoms with Crippen molar-refractivity contribution in [2.75, 3.05) is 24.7 Å². The summed E-state index contributed by atoms with van der Waals surface area (Å²) >= 11 is 0. The van der Waals surface area contributed by atoms with Gasteiger partial charge in [-0.2, -0.15) is 0 Å². The Morgan fingerprint density at radius 2 is 1.32 bits per heavy atom. The molecular formula is C14H16N4O. The highest BCUT2D eigenvalue weighted by Crippen LogP contribution is 2.20. The molecule has 0 amide bonds. The van der Waals surface area contributed by atoms with Crippen LogP contribution in [0.3, 0.4) is 0 Å². The molecule has 0 unspecified atom stereocenters. The molecule has 2 rings (SSSR count). The third kappa shape index (κ3) is 3.22. The van der Waals surface area contributed by atoms with Crippen LogP contribution in [0.25, 0.3) is 0 Å². The number of anilines is 2. The molecule has 5 heteroatoms. The number of azo groups is 1. The zero-order valence-electron chi connectivity index (χ0n) is 10.9. The Labute approximate surface area is 112 Å². The highest BCUT2D eigenvalue weighted by molar-refractivity contribution is 5.50. The van der Waals surface area contributed by atoms with Gasteiger partial charge in [0.25, 0.3) is 0 Å². The van der Waals surface area contributed by atoms with E-state index < -0.39 is 0 Å². The second kappa shape index (κ2) is 5.86. The molecule has 0 radical (unpaired) electrons. The van der Waals surface area contributed by atoms with Gasteiger partial charge in [0.05, 0.1) is 0 Å². The predicted molar refractivity (Wildman–Crippen MR) is 77.4 cm³/mol. The molecule has 19 heavy (non-hydrogen) atoms. The molecule has 2 N–H and O–H groups in total. The van der Waals surface area contributed by atoms with Crippen molar-refractivity contribution in [3.05, 3.63) is 53.7 Å². The summed E-state index contributed by atoms with van der Waals surface area (Å²) in [5, 5.41) is 21.9. The van der Waals surface area contributed by atoms with Crippen LogP contribution in [-0.2, 0) is 0 Å². The molecule has 0 saturated heterocycles. The molecule has 0 aliphatic rings. The molecular weight excluding hydrogens is 240 g/mol. The van der Waals surface area contributed by atoms with E-state index in [0.29, 0.717) is 16.2 Å². The van der Waals surface area contributed by atoms with Crippen LogP contribution in [0.15, 0.2) is 53.6 Å². The normalized spacial score (nSPS) is 11.2. The monoisotopic (exact) mass is 256 g/mol. The van der Waals surface area contributed by atoms with E-state index in [1.54, 1.807) is 24.3 Å². The molecule has 0 aliphatic carbocycles. The van der Waals surface area contributed by atoms with Gasteiger partial charge in [0.1, 0.15) is 5.69 Å². The molecule has 0 aromatic heterocycles. The van der Waals surface area contributed by atoms with E-state index in [4.69, 9.17) is 0 Å². The topological polar surface area (TPSA) is 62.5 Å². The number of nitrogens with one attached hydrogen (secondary N) is 2. The summed E-state index contributed by atoms with van der Waals surface area (Å²) in [6.45, 7) is 0. The van der Waals surface area contributed by atoms with Gasteiger partial charge >= 0.3 is 0 Å². The fourth-order valence-corrected chi connectivity index (χ4v) is 1.61. The summed E-state index contributed by atoms with van der Waals surface area (Å²) in [4.78, 5) is 0.619. The van der Waals surface area contributed by atoms with Gasteiger partial charge < -0.3 is 15.8 Å². The first-order valence-electron chi connectivity index (χ1n) is 5.97. The smallest absolute Gasteiger partial charge is 0.245 e. The minimum absolute atomic E-state index is 0.497. The van der Waals surface area contributed by atoms with Crippen LogP contribution >= 0.6 is 0 Å². The highest BCUT2D eigenvalue weighted by atomic mass is 16.5. The Kier molecular flexibility index (Phi) is 3.97. The fourth-order valence-electron chi connectivity index (χ4n) is 1.61. The largest absolute Gasteiger partial charge is 0.594 e. The van der Waals surface area contributed by atoms with Crippen molar-refractivity contribution in [2.45, 2.75) is 0 Å². The minimum Gasteiger partial charge on any atom is -0.594 e. The van der Waals surface area contributed by atoms with Crippen molar-refractivity contribution >= 4 is 22.7 Å². The van der Waals surface area contributed by atoms with Gasteiger partial charge in [-0.15, -0.1) is 0 Å². The van der Waals surface area contributed by atoms with E-state index in [2.05, 4.69) is 15.7 Å². The van der Waals surface area contributed by atoms with Gasteiger partial charge in [0, 0.05) is 42.7 Å². The standard InChI is InChI=1S/C14H16N4O/c1-15-11-3-5-13(6-4-11)17-18(19)14-9-7-12(16-2)8-10-14/h3-10,15-16H,1-2H3. The molecule has 0 fully saturated rings. The maximum Gasteiger partial charge on any atom is 0.245 e. The summed E-state index contributed by atoms with van der Waals surface area (Å²) < 4.78 is 0. The van der Waals surface area contributed by atoms with E-state index in [1.807, 2.05) is 38.4 Å². The van der Waals surface area contributed by atoms with Crippen LogP contribution in [0.4, 0.5) is 22.7 Å². The lowest BCUT2D eigenvalue weighted by atomic mass is 10.3. The fraction of sp³-hybridized carbons (Fsp3) is 0.143. The minimum atomic E-state index is 0.497. The van der Waals surface area contributed by atoms with E-state index in [0.717, 1.165) is 11.4 Å². The van der Waals surface area contributed by atoms with Crippen molar-refractivity contribution in [3.8, 4) is 0 Å². The molecule has 0 aliphatic heterocycles. The zero-order chi connectivity index (χ0) is 13.7. The number of hydrogen-bond donors (Lipinski definition) is 2. The van der Waals surface area contributed by atoms with Crippen molar-refractivity contribution in [3.63, 3.8) is 0 Å². The first-order valence-corrected chi connectivity index (χ1v) is 5.97. The molecule has 0 spiro atoms. The van der Waals surface area contributed by atoms with Crippen LogP contribution in [-0.4, -0.2) is 19.0 Å². The lowest BCUT2D eigenvalue weighted by molar-refractivity contribution is -0.435. The highest BCUT2D eigenvalue weighted by Gasteiger charge is 2.03. The lowest BCUT2D eigenvalue weighted by Crippen LogP contribution is -1.92. The molecule has 0 atom stereocenters. The summed E-state index contributed by atoms with van der Waals surface area (Å²) in [5.41, 5.74) is 3.05. The zero-order valence-corrected chi connectivity index (χ0v) is 10.9. The summed E-state index contributed by atoms with van der Waals surface area (Å²) in [5.74, 6) is 0. The average Bonchev–Trinajstić information content (AvgIpc) is 2.48. The Hall–Kier alpha value is -2.56. The van der Waals surface area contributed by atoms with Crippen molar-refractivity contribution in [2.24, 2.45) is 5.11 Å². The summed E-state index contributed by atoms with van der Waals surface area (Å²) in [6.07, 6.45) is 0. The maximum absolute atomic E-state index is 11.9. The third-order valence-corrected chi connectivity index (χ3v) is 2.74. The Bertz CT molecular complexity index is 561. The first-order chi connectivity index (χ1) is 9.22. The van der Waals surface area contributed by atoms with Gasteiger partial charge in [0.15, 0.2) is 0 Å². The Morgan fingerprint density at radius 1 is 0.842 bits per heavy atom. The number of hydrogen-bond acceptors (Lipinski definition) is 4. The van der Waals surface area contributed by atoms with Gasteiger partial charge in [-0.25, -0.2) is 0 Å². The van der Waals surface area contributed by atoms with Crippen LogP contribution in [0.1, 0.15) is 0 Å². The molecule has 2 aromatic carbocycles. The summed E-state index contributed by atoms with van der Waals surface area (Å²) in [6, 6.07) is 14.4. The number of rotatable bonds is 4. The average molecular weight is 256 g/mol. The van der Waals surface area contributed by atoms with Crippen LogP contribution in [0.5, 0.6) is 0 Å². The van der Waals surface area contributed by atoms with Crippen molar-refractivity contribution in [1.82, 2.24) is 0 Å². The maximum atomic E-state index is 11.9. The predicted octanol–water partition coefficient (Wildman–Crippen LogP) is 3.70. The molecule has 0 bridgehead atoms. The Morgan fingerprint density at radius 3 is 1.79 bits per heavy atom. The van der Waals surface area contributed by atoms with Crippen molar-refractivity contribution in [1.29, 1.82) is 0 Å². The van der Waals surface area contributed by atoms with Crippen LogP contribution < -0.4 is 10.6 Å². The van der Waals surface area contributed by atoms with E-state index >= 15 is 0 Å².